The van der Waals surface area contributed by atoms with Crippen molar-refractivity contribution in [1.82, 2.24) is 5.32 Å². The minimum Gasteiger partial charge on any atom is -0.395 e. The maximum atomic E-state index is 12.9. The molecule has 2 amide bonds. The third kappa shape index (κ3) is 4.36. The molecule has 2 aromatic carbocycles. The number of benzene rings is 2. The van der Waals surface area contributed by atoms with Crippen LogP contribution in [0.3, 0.4) is 0 Å². The Labute approximate surface area is 142 Å². The van der Waals surface area contributed by atoms with Crippen LogP contribution >= 0.6 is 0 Å². The van der Waals surface area contributed by atoms with Gasteiger partial charge in [0.1, 0.15) is 0 Å². The summed E-state index contributed by atoms with van der Waals surface area (Å²) in [5, 5.41) is 15.1. The van der Waals surface area contributed by atoms with Crippen molar-refractivity contribution in [2.75, 3.05) is 11.9 Å². The summed E-state index contributed by atoms with van der Waals surface area (Å²) in [6, 6.07) is 12.5. The van der Waals surface area contributed by atoms with Crippen LogP contribution in [0.2, 0.25) is 0 Å². The number of aliphatic hydroxyl groups excluding tert-OH is 1. The van der Waals surface area contributed by atoms with Crippen LogP contribution in [0.15, 0.2) is 48.5 Å². The van der Waals surface area contributed by atoms with E-state index in [0.717, 1.165) is 5.56 Å². The van der Waals surface area contributed by atoms with E-state index in [-0.39, 0.29) is 23.7 Å². The van der Waals surface area contributed by atoms with E-state index in [1.54, 1.807) is 12.1 Å². The summed E-state index contributed by atoms with van der Waals surface area (Å²) in [4.78, 5) is 11.8. The Hall–Kier alpha value is -2.87. The first kappa shape index (κ1) is 17.0. The van der Waals surface area contributed by atoms with E-state index in [1.165, 1.54) is 18.2 Å². The highest BCUT2D eigenvalue weighted by Crippen LogP contribution is 2.42. The van der Waals surface area contributed by atoms with Gasteiger partial charge in [0.25, 0.3) is 0 Å². The van der Waals surface area contributed by atoms with Gasteiger partial charge in [-0.25, -0.2) is 4.79 Å². The fraction of sp³-hybridized carbons (Fsp3) is 0.235. The maximum absolute atomic E-state index is 12.9. The number of nitrogens with one attached hydrogen (secondary N) is 2. The van der Waals surface area contributed by atoms with Gasteiger partial charge < -0.3 is 25.2 Å². The fourth-order valence-electron chi connectivity index (χ4n) is 2.37. The van der Waals surface area contributed by atoms with Crippen molar-refractivity contribution >= 4 is 11.7 Å². The van der Waals surface area contributed by atoms with E-state index in [4.69, 9.17) is 0 Å². The van der Waals surface area contributed by atoms with E-state index in [1.807, 2.05) is 18.2 Å². The number of urea groups is 1. The van der Waals surface area contributed by atoms with E-state index < -0.39 is 18.4 Å². The lowest BCUT2D eigenvalue weighted by Crippen LogP contribution is -2.30. The molecule has 0 spiro atoms. The SMILES string of the molecule is O=C(NCCC(O)c1ccccc1)Nc1ccc2c(c1)OC(F)(F)O2. The molecule has 3 rings (SSSR count). The Bertz CT molecular complexity index is 756. The van der Waals surface area contributed by atoms with Crippen LogP contribution in [0.25, 0.3) is 0 Å². The summed E-state index contributed by atoms with van der Waals surface area (Å²) in [5.74, 6) is -0.246. The Morgan fingerprint density at radius 2 is 1.84 bits per heavy atom. The molecule has 0 radical (unpaired) electrons. The van der Waals surface area contributed by atoms with Gasteiger partial charge in [-0.3, -0.25) is 0 Å². The van der Waals surface area contributed by atoms with Crippen molar-refractivity contribution in [2.45, 2.75) is 18.8 Å². The predicted molar refractivity (Wildman–Crippen MR) is 85.7 cm³/mol. The molecule has 1 aliphatic heterocycles. The van der Waals surface area contributed by atoms with Gasteiger partial charge in [-0.1, -0.05) is 30.3 Å². The van der Waals surface area contributed by atoms with E-state index in [9.17, 15) is 18.7 Å². The molecule has 1 unspecified atom stereocenters. The molecule has 0 saturated heterocycles. The zero-order chi connectivity index (χ0) is 17.9. The zero-order valence-corrected chi connectivity index (χ0v) is 13.0. The van der Waals surface area contributed by atoms with E-state index >= 15 is 0 Å². The first-order chi connectivity index (χ1) is 11.9. The number of ether oxygens (including phenoxy) is 2. The predicted octanol–water partition coefficient (Wildman–Crippen LogP) is 3.25. The first-order valence-corrected chi connectivity index (χ1v) is 7.61. The summed E-state index contributed by atoms with van der Waals surface area (Å²) in [6.07, 6.45) is -4.05. The van der Waals surface area contributed by atoms with Crippen LogP contribution in [0.5, 0.6) is 11.5 Å². The Kier molecular flexibility index (Phi) is 4.71. The Morgan fingerprint density at radius 3 is 2.60 bits per heavy atom. The topological polar surface area (TPSA) is 79.8 Å². The van der Waals surface area contributed by atoms with Gasteiger partial charge in [0.15, 0.2) is 11.5 Å². The maximum Gasteiger partial charge on any atom is 0.586 e. The normalized spacial score (nSPS) is 15.5. The van der Waals surface area contributed by atoms with Gasteiger partial charge in [0, 0.05) is 18.3 Å². The third-order valence-corrected chi connectivity index (χ3v) is 3.55. The molecule has 0 bridgehead atoms. The van der Waals surface area contributed by atoms with Crippen molar-refractivity contribution in [2.24, 2.45) is 0 Å². The molecule has 1 heterocycles. The van der Waals surface area contributed by atoms with Crippen molar-refractivity contribution in [3.05, 3.63) is 54.1 Å². The number of alkyl halides is 2. The second-order valence-electron chi connectivity index (χ2n) is 5.43. The summed E-state index contributed by atoms with van der Waals surface area (Å²) in [7, 11) is 0. The molecule has 132 valence electrons. The standard InChI is InChI=1S/C17H16F2N2O4/c18-17(19)24-14-7-6-12(10-15(14)25-17)21-16(23)20-9-8-13(22)11-4-2-1-3-5-11/h1-7,10,13,22H,8-9H2,(H2,20,21,23). The molecule has 8 heteroatoms. The third-order valence-electron chi connectivity index (χ3n) is 3.55. The fourth-order valence-corrected chi connectivity index (χ4v) is 2.37. The number of carbonyl (C=O) groups is 1. The van der Waals surface area contributed by atoms with Crippen molar-refractivity contribution in [3.63, 3.8) is 0 Å². The second kappa shape index (κ2) is 6.94. The summed E-state index contributed by atoms with van der Waals surface area (Å²) in [5.41, 5.74) is 1.04. The van der Waals surface area contributed by atoms with Gasteiger partial charge in [-0.15, -0.1) is 8.78 Å². The van der Waals surface area contributed by atoms with Crippen LogP contribution in [0.4, 0.5) is 19.3 Å². The highest BCUT2D eigenvalue weighted by atomic mass is 19.3. The van der Waals surface area contributed by atoms with Gasteiger partial charge in [0.05, 0.1) is 6.10 Å². The lowest BCUT2D eigenvalue weighted by Gasteiger charge is -2.12. The summed E-state index contributed by atoms with van der Waals surface area (Å²) in [6.45, 7) is 0.241. The Balaban J connectivity index is 1.47. The van der Waals surface area contributed by atoms with Gasteiger partial charge in [0.2, 0.25) is 0 Å². The highest BCUT2D eigenvalue weighted by molar-refractivity contribution is 5.89. The number of hydrogen-bond donors (Lipinski definition) is 3. The molecule has 1 aliphatic rings. The number of rotatable bonds is 5. The number of fused-ring (bicyclic) bond motifs is 1. The number of aliphatic hydroxyl groups is 1. The number of halogens is 2. The Morgan fingerprint density at radius 1 is 1.12 bits per heavy atom. The molecular weight excluding hydrogens is 334 g/mol. The molecule has 3 N–H and O–H groups in total. The van der Waals surface area contributed by atoms with Crippen LogP contribution in [0, 0.1) is 0 Å². The first-order valence-electron chi connectivity index (χ1n) is 7.61. The largest absolute Gasteiger partial charge is 0.586 e. The lowest BCUT2D eigenvalue weighted by molar-refractivity contribution is -0.286. The molecule has 25 heavy (non-hydrogen) atoms. The van der Waals surface area contributed by atoms with Crippen molar-refractivity contribution < 1.29 is 28.2 Å². The number of anilines is 1. The van der Waals surface area contributed by atoms with Crippen LogP contribution in [-0.2, 0) is 0 Å². The number of amides is 2. The van der Waals surface area contributed by atoms with E-state index in [2.05, 4.69) is 20.1 Å². The monoisotopic (exact) mass is 350 g/mol. The lowest BCUT2D eigenvalue weighted by atomic mass is 10.1. The average molecular weight is 350 g/mol. The van der Waals surface area contributed by atoms with Gasteiger partial charge in [-0.2, -0.15) is 0 Å². The molecule has 6 nitrogen and oxygen atoms in total. The number of carbonyl (C=O) groups excluding carboxylic acids is 1. The summed E-state index contributed by atoms with van der Waals surface area (Å²) < 4.78 is 34.5. The molecule has 0 saturated carbocycles. The molecule has 0 aromatic heterocycles. The van der Waals surface area contributed by atoms with Crippen LogP contribution in [-0.4, -0.2) is 24.0 Å². The molecule has 0 aliphatic carbocycles. The highest BCUT2D eigenvalue weighted by Gasteiger charge is 2.43. The quantitative estimate of drug-likeness (QED) is 0.773. The van der Waals surface area contributed by atoms with Gasteiger partial charge in [-0.05, 0) is 24.1 Å². The molecular formula is C17H16F2N2O4. The average Bonchev–Trinajstić information content (AvgIpc) is 2.88. The molecule has 1 atom stereocenters. The van der Waals surface area contributed by atoms with Crippen molar-refractivity contribution in [1.29, 1.82) is 0 Å². The molecule has 2 aromatic rings. The minimum atomic E-state index is -3.70. The van der Waals surface area contributed by atoms with Gasteiger partial charge >= 0.3 is 12.3 Å². The van der Waals surface area contributed by atoms with E-state index in [0.29, 0.717) is 6.42 Å². The molecule has 0 fully saturated rings. The smallest absolute Gasteiger partial charge is 0.395 e. The van der Waals surface area contributed by atoms with Crippen LogP contribution < -0.4 is 20.1 Å². The minimum absolute atomic E-state index is 0.0954. The number of hydrogen-bond acceptors (Lipinski definition) is 4. The second-order valence-corrected chi connectivity index (χ2v) is 5.43. The van der Waals surface area contributed by atoms with Crippen LogP contribution in [0.1, 0.15) is 18.1 Å². The van der Waals surface area contributed by atoms with Crippen molar-refractivity contribution in [3.8, 4) is 11.5 Å². The zero-order valence-electron chi connectivity index (χ0n) is 13.0. The summed E-state index contributed by atoms with van der Waals surface area (Å²) >= 11 is 0.